The third-order valence-corrected chi connectivity index (χ3v) is 6.64. The second kappa shape index (κ2) is 8.79. The summed E-state index contributed by atoms with van der Waals surface area (Å²) in [4.78, 5) is 26.0. The summed E-state index contributed by atoms with van der Waals surface area (Å²) in [7, 11) is 0. The van der Waals surface area contributed by atoms with E-state index < -0.39 is 0 Å². The van der Waals surface area contributed by atoms with Gasteiger partial charge in [-0.1, -0.05) is 0 Å². The summed E-state index contributed by atoms with van der Waals surface area (Å²) in [5.74, 6) is 1.40. The first-order valence-corrected chi connectivity index (χ1v) is 12.2. The number of aromatic amines is 2. The maximum Gasteiger partial charge on any atom is 0.181 e. The van der Waals surface area contributed by atoms with Gasteiger partial charge in [0.2, 0.25) is 0 Å². The second-order valence-electron chi connectivity index (χ2n) is 9.21. The van der Waals surface area contributed by atoms with E-state index in [4.69, 9.17) is 9.72 Å². The van der Waals surface area contributed by atoms with E-state index in [1.165, 1.54) is 0 Å². The fourth-order valence-corrected chi connectivity index (χ4v) is 4.77. The van der Waals surface area contributed by atoms with Crippen molar-refractivity contribution in [3.8, 4) is 34.1 Å². The monoisotopic (exact) mass is 492 g/mol. The molecule has 3 N–H and O–H groups in total. The van der Waals surface area contributed by atoms with Crippen molar-refractivity contribution < 1.29 is 4.74 Å². The minimum atomic E-state index is 0.206. The molecule has 1 saturated heterocycles. The van der Waals surface area contributed by atoms with Crippen LogP contribution in [-0.2, 0) is 0 Å². The molecular weight excluding hydrogens is 468 g/mol. The molecule has 11 nitrogen and oxygen atoms in total. The van der Waals surface area contributed by atoms with Gasteiger partial charge in [-0.15, -0.1) is 0 Å². The molecule has 0 unspecified atom stereocenters. The van der Waals surface area contributed by atoms with Crippen LogP contribution in [0.25, 0.3) is 50.5 Å². The summed E-state index contributed by atoms with van der Waals surface area (Å²) >= 11 is 0. The first kappa shape index (κ1) is 21.6. The number of aryl methyl sites for hydroxylation is 1. The molecule has 0 aliphatic carbocycles. The first-order chi connectivity index (χ1) is 18.2. The Bertz CT molecular complexity index is 1730. The van der Waals surface area contributed by atoms with Gasteiger partial charge in [0.05, 0.1) is 29.3 Å². The van der Waals surface area contributed by atoms with Crippen LogP contribution in [0, 0.1) is 6.92 Å². The third kappa shape index (κ3) is 3.99. The lowest BCUT2D eigenvalue weighted by atomic mass is 10.1. The van der Waals surface area contributed by atoms with Crippen molar-refractivity contribution in [2.45, 2.75) is 25.9 Å². The van der Waals surface area contributed by atoms with Crippen molar-refractivity contribution in [1.82, 2.24) is 50.0 Å². The molecule has 184 valence electrons. The predicted octanol–water partition coefficient (Wildman–Crippen LogP) is 3.58. The number of ether oxygens (including phenoxy) is 1. The lowest BCUT2D eigenvalue weighted by Crippen LogP contribution is -2.34. The molecule has 1 fully saturated rings. The Hall–Kier alpha value is -4.64. The molecule has 11 heteroatoms. The van der Waals surface area contributed by atoms with Gasteiger partial charge < -0.3 is 19.6 Å². The average Bonchev–Trinajstić information content (AvgIpc) is 3.66. The molecule has 0 saturated carbocycles. The predicted molar refractivity (Wildman–Crippen MR) is 138 cm³/mol. The number of nitrogens with one attached hydrogen (secondary N) is 3. The lowest BCUT2D eigenvalue weighted by Gasteiger charge is -2.23. The Morgan fingerprint density at radius 2 is 1.89 bits per heavy atom. The van der Waals surface area contributed by atoms with E-state index in [1.54, 1.807) is 24.9 Å². The summed E-state index contributed by atoms with van der Waals surface area (Å²) in [6.45, 7) is 3.91. The van der Waals surface area contributed by atoms with E-state index in [9.17, 15) is 0 Å². The van der Waals surface area contributed by atoms with Crippen LogP contribution in [0.3, 0.4) is 0 Å². The number of nitrogens with zero attached hydrogens (tertiary/aromatic N) is 7. The Labute approximate surface area is 211 Å². The largest absolute Gasteiger partial charge is 0.489 e. The van der Waals surface area contributed by atoms with E-state index in [0.29, 0.717) is 17.1 Å². The fraction of sp³-hybridized carbons (Fsp3) is 0.231. The lowest BCUT2D eigenvalue weighted by molar-refractivity contribution is 0.162. The summed E-state index contributed by atoms with van der Waals surface area (Å²) in [6, 6.07) is 6.00. The van der Waals surface area contributed by atoms with Crippen LogP contribution in [0.15, 0.2) is 55.5 Å². The van der Waals surface area contributed by atoms with Crippen molar-refractivity contribution in [2.75, 3.05) is 13.1 Å². The van der Waals surface area contributed by atoms with E-state index in [1.807, 2.05) is 42.1 Å². The minimum Gasteiger partial charge on any atom is -0.489 e. The number of rotatable bonds is 5. The Kier molecular flexibility index (Phi) is 5.14. The average molecular weight is 493 g/mol. The van der Waals surface area contributed by atoms with Crippen molar-refractivity contribution in [3.63, 3.8) is 0 Å². The van der Waals surface area contributed by atoms with Gasteiger partial charge >= 0.3 is 0 Å². The molecule has 1 aliphatic rings. The molecule has 7 rings (SSSR count). The zero-order valence-corrected chi connectivity index (χ0v) is 20.1. The Morgan fingerprint density at radius 1 is 1.00 bits per heavy atom. The van der Waals surface area contributed by atoms with Crippen LogP contribution in [0.1, 0.15) is 18.5 Å². The zero-order chi connectivity index (χ0) is 24.8. The number of imidazole rings is 2. The highest BCUT2D eigenvalue weighted by atomic mass is 16.5. The number of fused-ring (bicyclic) bond motifs is 2. The van der Waals surface area contributed by atoms with Crippen LogP contribution < -0.4 is 10.1 Å². The van der Waals surface area contributed by atoms with Gasteiger partial charge in [0, 0.05) is 35.9 Å². The topological polar surface area (TPSA) is 135 Å². The van der Waals surface area contributed by atoms with Crippen LogP contribution >= 0.6 is 0 Å². The molecule has 0 bridgehead atoms. The van der Waals surface area contributed by atoms with E-state index >= 15 is 0 Å². The summed E-state index contributed by atoms with van der Waals surface area (Å²) in [6.07, 6.45) is 13.1. The number of H-pyrrole nitrogens is 2. The molecule has 0 atom stereocenters. The number of pyridine rings is 3. The Morgan fingerprint density at radius 3 is 2.76 bits per heavy atom. The van der Waals surface area contributed by atoms with E-state index in [0.717, 1.165) is 70.8 Å². The van der Waals surface area contributed by atoms with Crippen molar-refractivity contribution >= 4 is 22.2 Å². The number of hydrogen-bond acceptors (Lipinski definition) is 8. The quantitative estimate of drug-likeness (QED) is 0.332. The van der Waals surface area contributed by atoms with Crippen molar-refractivity contribution in [3.05, 3.63) is 61.2 Å². The van der Waals surface area contributed by atoms with Gasteiger partial charge in [-0.2, -0.15) is 5.10 Å². The molecule has 0 amide bonds. The minimum absolute atomic E-state index is 0.206. The van der Waals surface area contributed by atoms with Gasteiger partial charge in [0.25, 0.3) is 0 Å². The van der Waals surface area contributed by atoms with Crippen molar-refractivity contribution in [1.29, 1.82) is 0 Å². The maximum atomic E-state index is 6.20. The molecule has 0 spiro atoms. The molecule has 1 aliphatic heterocycles. The first-order valence-electron chi connectivity index (χ1n) is 12.2. The van der Waals surface area contributed by atoms with Gasteiger partial charge in [0.1, 0.15) is 23.1 Å². The number of aromatic nitrogens is 9. The van der Waals surface area contributed by atoms with Gasteiger partial charge in [-0.25, -0.2) is 19.9 Å². The summed E-state index contributed by atoms with van der Waals surface area (Å²) < 4.78 is 8.15. The van der Waals surface area contributed by atoms with Crippen molar-refractivity contribution in [2.24, 2.45) is 0 Å². The standard InChI is InChI=1S/C26H24N10O/c1-15-13-36(14-31-15)21-4-7-29-25-23(21)32-26(33-25)22-20-9-17(11-30-24(20)35-34-22)16-8-19(12-28-10-16)37-18-2-5-27-6-3-18/h4,7-14,18,27H,2-3,5-6H2,1H3,(H,29,32,33)(H,30,34,35). The highest BCUT2D eigenvalue weighted by Gasteiger charge is 2.18. The highest BCUT2D eigenvalue weighted by Crippen LogP contribution is 2.31. The van der Waals surface area contributed by atoms with Crippen LogP contribution in [0.2, 0.25) is 0 Å². The van der Waals surface area contributed by atoms with E-state index in [2.05, 4.69) is 40.4 Å². The second-order valence-corrected chi connectivity index (χ2v) is 9.21. The molecule has 6 aromatic heterocycles. The normalized spacial score (nSPS) is 14.5. The Balaban J connectivity index is 1.26. The SMILES string of the molecule is Cc1cn(-c2ccnc3nc(-c4[nH]nc5ncc(-c6cncc(OC7CCNCC7)c6)cc45)[nH]c23)cn1. The summed E-state index contributed by atoms with van der Waals surface area (Å²) in [5.41, 5.74) is 6.47. The third-order valence-electron chi connectivity index (χ3n) is 6.64. The van der Waals surface area contributed by atoms with Gasteiger partial charge in [-0.3, -0.25) is 10.1 Å². The molecule has 0 radical (unpaired) electrons. The molecular formula is C26H24N10O. The summed E-state index contributed by atoms with van der Waals surface area (Å²) in [5, 5.41) is 11.7. The number of hydrogen-bond donors (Lipinski definition) is 3. The van der Waals surface area contributed by atoms with Gasteiger partial charge in [-0.05, 0) is 51.1 Å². The fourth-order valence-electron chi connectivity index (χ4n) is 4.77. The smallest absolute Gasteiger partial charge is 0.181 e. The highest BCUT2D eigenvalue weighted by molar-refractivity contribution is 5.94. The number of piperidine rings is 1. The molecule has 37 heavy (non-hydrogen) atoms. The molecule has 0 aromatic carbocycles. The molecule has 6 aromatic rings. The molecule has 7 heterocycles. The van der Waals surface area contributed by atoms with Crippen LogP contribution in [-0.4, -0.2) is 63.9 Å². The van der Waals surface area contributed by atoms with Gasteiger partial charge in [0.15, 0.2) is 17.1 Å². The zero-order valence-electron chi connectivity index (χ0n) is 20.1. The maximum absolute atomic E-state index is 6.20. The van der Waals surface area contributed by atoms with E-state index in [-0.39, 0.29) is 6.10 Å². The van der Waals surface area contributed by atoms with Crippen LogP contribution in [0.4, 0.5) is 0 Å². The van der Waals surface area contributed by atoms with Crippen LogP contribution in [0.5, 0.6) is 5.75 Å².